The monoisotopic (exact) mass is 446 g/mol. The lowest BCUT2D eigenvalue weighted by atomic mass is 10.2. The van der Waals surface area contributed by atoms with Gasteiger partial charge in [0.25, 0.3) is 11.5 Å². The molecule has 1 N–H and O–H groups in total. The number of aliphatic hydroxyl groups is 1. The Morgan fingerprint density at radius 3 is 2.45 bits per heavy atom. The van der Waals surface area contributed by atoms with Gasteiger partial charge in [0.2, 0.25) is 0 Å². The van der Waals surface area contributed by atoms with Crippen molar-refractivity contribution in [3.05, 3.63) is 69.0 Å². The second-order valence-electron chi connectivity index (χ2n) is 9.35. The van der Waals surface area contributed by atoms with E-state index in [2.05, 4.69) is 33.9 Å². The van der Waals surface area contributed by atoms with E-state index in [0.29, 0.717) is 4.57 Å². The molecule has 1 aliphatic rings. The van der Waals surface area contributed by atoms with Gasteiger partial charge in [-0.05, 0) is 30.3 Å². The topological polar surface area (TPSA) is 99.8 Å². The van der Waals surface area contributed by atoms with Crippen LogP contribution in [0.5, 0.6) is 0 Å². The van der Waals surface area contributed by atoms with Gasteiger partial charge in [-0.2, -0.15) is 4.57 Å². The molecule has 2 heterocycles. The first-order valence-corrected chi connectivity index (χ1v) is 13.2. The second kappa shape index (κ2) is 8.66. The molecule has 31 heavy (non-hydrogen) atoms. The number of rotatable bonds is 5. The van der Waals surface area contributed by atoms with Crippen LogP contribution in [-0.4, -0.2) is 47.3 Å². The first-order valence-electron chi connectivity index (χ1n) is 10.3. The van der Waals surface area contributed by atoms with Gasteiger partial charge in [-0.3, -0.25) is 14.2 Å². The SMILES string of the molecule is CC(C)(C)[Si](C)(C)OC[C@H]1O[C@@H](n2ccc(=O)n(C(=O)c3ccccc3)c2=O)C[C@@H]1O. The van der Waals surface area contributed by atoms with Gasteiger partial charge in [0.05, 0.1) is 12.7 Å². The van der Waals surface area contributed by atoms with Crippen LogP contribution < -0.4 is 11.2 Å². The summed E-state index contributed by atoms with van der Waals surface area (Å²) in [6.07, 6.45) is -0.772. The molecule has 0 radical (unpaired) electrons. The Balaban J connectivity index is 1.82. The highest BCUT2D eigenvalue weighted by atomic mass is 28.4. The van der Waals surface area contributed by atoms with E-state index in [9.17, 15) is 19.5 Å². The zero-order chi connectivity index (χ0) is 23.0. The molecule has 9 heteroatoms. The number of aliphatic hydroxyl groups excluding tert-OH is 1. The van der Waals surface area contributed by atoms with Gasteiger partial charge in [0, 0.05) is 24.2 Å². The number of ether oxygens (including phenoxy) is 1. The number of hydrogen-bond acceptors (Lipinski definition) is 6. The molecule has 0 bridgehead atoms. The van der Waals surface area contributed by atoms with Crippen LogP contribution in [0.25, 0.3) is 0 Å². The first-order chi connectivity index (χ1) is 14.4. The molecular weight excluding hydrogens is 416 g/mol. The van der Waals surface area contributed by atoms with Crippen molar-refractivity contribution in [1.29, 1.82) is 0 Å². The molecule has 1 aliphatic heterocycles. The van der Waals surface area contributed by atoms with Crippen LogP contribution in [-0.2, 0) is 9.16 Å². The third-order valence-corrected chi connectivity index (χ3v) is 10.7. The fourth-order valence-electron chi connectivity index (χ4n) is 3.15. The van der Waals surface area contributed by atoms with Crippen molar-refractivity contribution >= 4 is 14.2 Å². The minimum Gasteiger partial charge on any atom is -0.414 e. The van der Waals surface area contributed by atoms with E-state index in [-0.39, 0.29) is 23.6 Å². The van der Waals surface area contributed by atoms with E-state index >= 15 is 0 Å². The second-order valence-corrected chi connectivity index (χ2v) is 14.2. The van der Waals surface area contributed by atoms with Crippen molar-refractivity contribution in [2.24, 2.45) is 0 Å². The minimum atomic E-state index is -2.03. The molecule has 8 nitrogen and oxygen atoms in total. The van der Waals surface area contributed by atoms with Crippen LogP contribution in [0.4, 0.5) is 0 Å². The third kappa shape index (κ3) is 4.79. The summed E-state index contributed by atoms with van der Waals surface area (Å²) >= 11 is 0. The Morgan fingerprint density at radius 1 is 1.19 bits per heavy atom. The standard InChI is InChI=1S/C22H30N2O6Si/c1-22(2,3)31(4,5)29-14-17-16(25)13-19(30-17)23-12-11-18(26)24(21(23)28)20(27)15-9-7-6-8-10-15/h6-12,16-17,19,25H,13-14H2,1-5H3/t16-,17+,19+/m0/s1. The van der Waals surface area contributed by atoms with Gasteiger partial charge < -0.3 is 14.3 Å². The summed E-state index contributed by atoms with van der Waals surface area (Å²) in [6, 6.07) is 9.28. The van der Waals surface area contributed by atoms with Crippen LogP contribution in [0.15, 0.2) is 52.2 Å². The van der Waals surface area contributed by atoms with E-state index in [4.69, 9.17) is 9.16 Å². The molecule has 3 atom stereocenters. The number of carbonyl (C=O) groups excluding carboxylic acids is 1. The molecule has 0 saturated carbocycles. The van der Waals surface area contributed by atoms with Crippen molar-refractivity contribution in [2.45, 2.75) is 63.8 Å². The molecule has 1 aromatic heterocycles. The maximum atomic E-state index is 13.0. The molecule has 1 aromatic carbocycles. The molecular formula is C22H30N2O6Si. The summed E-state index contributed by atoms with van der Waals surface area (Å²) in [6.45, 7) is 10.8. The molecule has 0 spiro atoms. The maximum absolute atomic E-state index is 13.0. The van der Waals surface area contributed by atoms with Crippen molar-refractivity contribution in [1.82, 2.24) is 9.13 Å². The van der Waals surface area contributed by atoms with E-state index in [1.807, 2.05) is 0 Å². The van der Waals surface area contributed by atoms with Gasteiger partial charge in [-0.1, -0.05) is 39.0 Å². The summed E-state index contributed by atoms with van der Waals surface area (Å²) in [7, 11) is -2.03. The zero-order valence-electron chi connectivity index (χ0n) is 18.6. The molecule has 0 unspecified atom stereocenters. The summed E-state index contributed by atoms with van der Waals surface area (Å²) < 4.78 is 13.8. The molecule has 0 amide bonds. The summed E-state index contributed by atoms with van der Waals surface area (Å²) in [4.78, 5) is 38.0. The molecule has 0 aliphatic carbocycles. The first kappa shape index (κ1) is 23.3. The van der Waals surface area contributed by atoms with E-state index in [1.165, 1.54) is 22.9 Å². The van der Waals surface area contributed by atoms with Crippen LogP contribution in [0.1, 0.15) is 43.8 Å². The molecule has 1 saturated heterocycles. The average Bonchev–Trinajstić information content (AvgIpc) is 3.06. The third-order valence-electron chi connectivity index (χ3n) is 6.16. The average molecular weight is 447 g/mol. The van der Waals surface area contributed by atoms with Gasteiger partial charge >= 0.3 is 5.69 Å². The molecule has 1 fully saturated rings. The molecule has 3 rings (SSSR count). The summed E-state index contributed by atoms with van der Waals surface area (Å²) in [5.74, 6) is -0.707. The smallest absolute Gasteiger partial charge is 0.340 e. The lowest BCUT2D eigenvalue weighted by Gasteiger charge is -2.37. The number of aromatic nitrogens is 2. The van der Waals surface area contributed by atoms with Crippen LogP contribution in [0.3, 0.4) is 0 Å². The van der Waals surface area contributed by atoms with Gasteiger partial charge in [0.1, 0.15) is 12.3 Å². The predicted molar refractivity (Wildman–Crippen MR) is 119 cm³/mol. The zero-order valence-corrected chi connectivity index (χ0v) is 19.6. The largest absolute Gasteiger partial charge is 0.414 e. The Labute approximate surface area is 182 Å². The molecule has 2 aromatic rings. The number of hydrogen-bond donors (Lipinski definition) is 1. The predicted octanol–water partition coefficient (Wildman–Crippen LogP) is 2.37. The quantitative estimate of drug-likeness (QED) is 0.708. The Kier molecular flexibility index (Phi) is 6.52. The Bertz CT molecular complexity index is 1050. The highest BCUT2D eigenvalue weighted by molar-refractivity contribution is 6.74. The summed E-state index contributed by atoms with van der Waals surface area (Å²) in [5.41, 5.74) is -1.29. The summed E-state index contributed by atoms with van der Waals surface area (Å²) in [5, 5.41) is 10.5. The van der Waals surface area contributed by atoms with Crippen molar-refractivity contribution < 1.29 is 19.1 Å². The van der Waals surface area contributed by atoms with E-state index in [1.54, 1.807) is 18.2 Å². The van der Waals surface area contributed by atoms with E-state index < -0.39 is 43.9 Å². The maximum Gasteiger partial charge on any atom is 0.340 e. The van der Waals surface area contributed by atoms with Crippen LogP contribution in [0, 0.1) is 0 Å². The van der Waals surface area contributed by atoms with Gasteiger partial charge in [-0.25, -0.2) is 4.79 Å². The van der Waals surface area contributed by atoms with Gasteiger partial charge in [-0.15, -0.1) is 0 Å². The Hall–Kier alpha value is -2.33. The number of benzene rings is 1. The van der Waals surface area contributed by atoms with Gasteiger partial charge in [0.15, 0.2) is 8.32 Å². The highest BCUT2D eigenvalue weighted by Crippen LogP contribution is 2.37. The minimum absolute atomic E-state index is 0.0141. The van der Waals surface area contributed by atoms with Crippen molar-refractivity contribution in [2.75, 3.05) is 6.61 Å². The normalized spacial score (nSPS) is 21.9. The highest BCUT2D eigenvalue weighted by Gasteiger charge is 2.41. The molecule has 168 valence electrons. The Morgan fingerprint density at radius 2 is 1.84 bits per heavy atom. The fraction of sp³-hybridized carbons (Fsp3) is 0.500. The van der Waals surface area contributed by atoms with Crippen LogP contribution in [0.2, 0.25) is 18.1 Å². The van der Waals surface area contributed by atoms with Crippen LogP contribution >= 0.6 is 0 Å². The van der Waals surface area contributed by atoms with Crippen molar-refractivity contribution in [3.8, 4) is 0 Å². The fourth-order valence-corrected chi connectivity index (χ4v) is 4.16. The number of carbonyl (C=O) groups is 1. The lowest BCUT2D eigenvalue weighted by molar-refractivity contribution is -0.0435. The van der Waals surface area contributed by atoms with Crippen molar-refractivity contribution in [3.63, 3.8) is 0 Å². The lowest BCUT2D eigenvalue weighted by Crippen LogP contribution is -2.44. The van der Waals surface area contributed by atoms with E-state index in [0.717, 1.165) is 6.07 Å². The number of nitrogens with zero attached hydrogens (tertiary/aromatic N) is 2.